The number of anilines is 1. The molecule has 0 saturated heterocycles. The number of nitrogen functional groups attached to an aromatic ring is 1. The summed E-state index contributed by atoms with van der Waals surface area (Å²) in [5.41, 5.74) is 6.94. The van der Waals surface area contributed by atoms with Gasteiger partial charge in [0.05, 0.1) is 4.92 Å². The first-order chi connectivity index (χ1) is 8.65. The van der Waals surface area contributed by atoms with Crippen molar-refractivity contribution in [2.24, 2.45) is 0 Å². The summed E-state index contributed by atoms with van der Waals surface area (Å²) in [4.78, 5) is 17.9. The lowest BCUT2D eigenvalue weighted by molar-refractivity contribution is -0.384. The van der Waals surface area contributed by atoms with Crippen molar-refractivity contribution in [2.45, 2.75) is 0 Å². The van der Waals surface area contributed by atoms with Crippen LogP contribution in [0.4, 0.5) is 11.6 Å². The molecule has 90 valence electrons. The smallest absolute Gasteiger partial charge is 0.270 e. The number of hydrogen-bond donors (Lipinski definition) is 1. The number of hydrogen-bond acceptors (Lipinski definition) is 5. The molecule has 18 heavy (non-hydrogen) atoms. The summed E-state index contributed by atoms with van der Waals surface area (Å²) in [7, 11) is 0. The van der Waals surface area contributed by atoms with Gasteiger partial charge in [-0.05, 0) is 5.56 Å². The van der Waals surface area contributed by atoms with Crippen LogP contribution < -0.4 is 5.73 Å². The number of nitrogens with zero attached hydrogens (tertiary/aromatic N) is 3. The molecule has 1 aromatic heterocycles. The van der Waals surface area contributed by atoms with Crippen LogP contribution in [0.1, 0.15) is 11.1 Å². The van der Waals surface area contributed by atoms with Crippen LogP contribution in [0.2, 0.25) is 0 Å². The number of nitrogens with two attached hydrogens (primary N) is 1. The highest BCUT2D eigenvalue weighted by Gasteiger charge is 2.03. The van der Waals surface area contributed by atoms with E-state index in [1.807, 2.05) is 0 Å². The van der Waals surface area contributed by atoms with Gasteiger partial charge in [0.25, 0.3) is 5.69 Å². The number of non-ortho nitro benzene ring substituents is 1. The van der Waals surface area contributed by atoms with Gasteiger partial charge < -0.3 is 5.73 Å². The van der Waals surface area contributed by atoms with E-state index in [9.17, 15) is 10.1 Å². The van der Waals surface area contributed by atoms with E-state index in [0.717, 1.165) is 11.1 Å². The zero-order valence-electron chi connectivity index (χ0n) is 9.35. The Balaban J connectivity index is 2.20. The molecule has 0 bridgehead atoms. The van der Waals surface area contributed by atoms with E-state index in [4.69, 9.17) is 5.73 Å². The molecule has 2 N–H and O–H groups in total. The number of benzene rings is 1. The van der Waals surface area contributed by atoms with Crippen molar-refractivity contribution in [3.63, 3.8) is 0 Å². The minimum Gasteiger partial charge on any atom is -0.368 e. The molecule has 0 spiro atoms. The standard InChI is InChI=1S/C12H10N4O2/c13-12-14-7-10(8-15-12)5-4-9-2-1-3-11(6-9)16(17)18/h1-8H,(H2,13,14,15). The van der Waals surface area contributed by atoms with E-state index in [2.05, 4.69) is 9.97 Å². The quantitative estimate of drug-likeness (QED) is 0.657. The largest absolute Gasteiger partial charge is 0.368 e. The van der Waals surface area contributed by atoms with Crippen molar-refractivity contribution in [3.05, 3.63) is 57.9 Å². The van der Waals surface area contributed by atoms with Crippen molar-refractivity contribution in [1.82, 2.24) is 9.97 Å². The minimum absolute atomic E-state index is 0.0608. The van der Waals surface area contributed by atoms with Gasteiger partial charge in [-0.25, -0.2) is 9.97 Å². The number of rotatable bonds is 3. The highest BCUT2D eigenvalue weighted by molar-refractivity contribution is 5.69. The molecule has 1 aromatic carbocycles. The predicted octanol–water partition coefficient (Wildman–Crippen LogP) is 2.14. The van der Waals surface area contributed by atoms with Gasteiger partial charge in [-0.3, -0.25) is 10.1 Å². The average Bonchev–Trinajstić information content (AvgIpc) is 2.38. The molecule has 0 aliphatic rings. The number of nitro groups is 1. The molecular weight excluding hydrogens is 232 g/mol. The van der Waals surface area contributed by atoms with E-state index in [1.165, 1.54) is 12.1 Å². The van der Waals surface area contributed by atoms with Gasteiger partial charge in [0.2, 0.25) is 5.95 Å². The summed E-state index contributed by atoms with van der Waals surface area (Å²) in [6, 6.07) is 6.36. The molecule has 0 aliphatic carbocycles. The van der Waals surface area contributed by atoms with Crippen molar-refractivity contribution < 1.29 is 4.92 Å². The van der Waals surface area contributed by atoms with Gasteiger partial charge >= 0.3 is 0 Å². The fourth-order valence-electron chi connectivity index (χ4n) is 1.37. The number of nitro benzene ring substituents is 1. The number of aromatic nitrogens is 2. The molecular formula is C12H10N4O2. The molecule has 1 heterocycles. The topological polar surface area (TPSA) is 94.9 Å². The van der Waals surface area contributed by atoms with Crippen LogP contribution in [0.25, 0.3) is 12.2 Å². The summed E-state index contributed by atoms with van der Waals surface area (Å²) < 4.78 is 0. The second kappa shape index (κ2) is 5.05. The lowest BCUT2D eigenvalue weighted by Gasteiger charge is -1.95. The van der Waals surface area contributed by atoms with Gasteiger partial charge in [-0.15, -0.1) is 0 Å². The monoisotopic (exact) mass is 242 g/mol. The summed E-state index contributed by atoms with van der Waals surface area (Å²) in [5, 5.41) is 10.6. The first kappa shape index (κ1) is 11.7. The van der Waals surface area contributed by atoms with Crippen LogP contribution in [0.3, 0.4) is 0 Å². The van der Waals surface area contributed by atoms with Crippen molar-refractivity contribution in [1.29, 1.82) is 0 Å². The second-order valence-electron chi connectivity index (χ2n) is 3.56. The maximum atomic E-state index is 10.6. The van der Waals surface area contributed by atoms with Crippen molar-refractivity contribution in [2.75, 3.05) is 5.73 Å². The zero-order valence-corrected chi connectivity index (χ0v) is 9.35. The maximum Gasteiger partial charge on any atom is 0.270 e. The summed E-state index contributed by atoms with van der Waals surface area (Å²) in [6.45, 7) is 0. The Labute approximate surface area is 103 Å². The Hall–Kier alpha value is -2.76. The SMILES string of the molecule is Nc1ncc(C=Cc2cccc([N+](=O)[O-])c2)cn1. The highest BCUT2D eigenvalue weighted by Crippen LogP contribution is 2.15. The second-order valence-corrected chi connectivity index (χ2v) is 3.56. The Morgan fingerprint density at radius 1 is 1.17 bits per heavy atom. The molecule has 0 saturated carbocycles. The zero-order chi connectivity index (χ0) is 13.0. The summed E-state index contributed by atoms with van der Waals surface area (Å²) in [5.74, 6) is 0.211. The Morgan fingerprint density at radius 2 is 1.83 bits per heavy atom. The first-order valence-electron chi connectivity index (χ1n) is 5.15. The predicted molar refractivity (Wildman–Crippen MR) is 68.5 cm³/mol. The van der Waals surface area contributed by atoms with Crippen LogP contribution in [0.15, 0.2) is 36.7 Å². The molecule has 6 nitrogen and oxygen atoms in total. The van der Waals surface area contributed by atoms with Crippen LogP contribution in [-0.4, -0.2) is 14.9 Å². The van der Waals surface area contributed by atoms with Gasteiger partial charge in [-0.2, -0.15) is 0 Å². The highest BCUT2D eigenvalue weighted by atomic mass is 16.6. The van der Waals surface area contributed by atoms with Gasteiger partial charge in [0, 0.05) is 30.1 Å². The third-order valence-corrected chi connectivity index (χ3v) is 2.24. The third kappa shape index (κ3) is 2.88. The molecule has 6 heteroatoms. The van der Waals surface area contributed by atoms with Crippen molar-refractivity contribution >= 4 is 23.8 Å². The molecule has 0 amide bonds. The first-order valence-corrected chi connectivity index (χ1v) is 5.15. The lowest BCUT2D eigenvalue weighted by atomic mass is 10.1. The molecule has 0 unspecified atom stereocenters. The molecule has 2 rings (SSSR count). The minimum atomic E-state index is -0.427. The van der Waals surface area contributed by atoms with Crippen molar-refractivity contribution in [3.8, 4) is 0 Å². The average molecular weight is 242 g/mol. The van der Waals surface area contributed by atoms with Crippen LogP contribution >= 0.6 is 0 Å². The van der Waals surface area contributed by atoms with Crippen LogP contribution in [0.5, 0.6) is 0 Å². The Bertz CT molecular complexity index is 593. The fraction of sp³-hybridized carbons (Fsp3) is 0. The van der Waals surface area contributed by atoms with Gasteiger partial charge in [0.1, 0.15) is 0 Å². The van der Waals surface area contributed by atoms with E-state index in [-0.39, 0.29) is 11.6 Å². The molecule has 2 aromatic rings. The summed E-state index contributed by atoms with van der Waals surface area (Å²) in [6.07, 6.45) is 6.67. The molecule has 0 radical (unpaired) electrons. The fourth-order valence-corrected chi connectivity index (χ4v) is 1.37. The summed E-state index contributed by atoms with van der Waals surface area (Å²) >= 11 is 0. The van der Waals surface area contributed by atoms with E-state index < -0.39 is 4.92 Å². The van der Waals surface area contributed by atoms with E-state index >= 15 is 0 Å². The Morgan fingerprint density at radius 3 is 2.50 bits per heavy atom. The van der Waals surface area contributed by atoms with E-state index in [0.29, 0.717) is 0 Å². The lowest BCUT2D eigenvalue weighted by Crippen LogP contribution is -1.93. The molecule has 0 atom stereocenters. The Kier molecular flexibility index (Phi) is 3.29. The molecule has 0 aliphatic heterocycles. The van der Waals surface area contributed by atoms with Gasteiger partial charge in [0.15, 0.2) is 0 Å². The normalized spacial score (nSPS) is 10.7. The molecule has 0 fully saturated rings. The van der Waals surface area contributed by atoms with Crippen LogP contribution in [0, 0.1) is 10.1 Å². The van der Waals surface area contributed by atoms with E-state index in [1.54, 1.807) is 36.7 Å². The maximum absolute atomic E-state index is 10.6. The van der Waals surface area contributed by atoms with Crippen LogP contribution in [-0.2, 0) is 0 Å². The third-order valence-electron chi connectivity index (χ3n) is 2.24. The van der Waals surface area contributed by atoms with Gasteiger partial charge in [-0.1, -0.05) is 24.3 Å².